The summed E-state index contributed by atoms with van der Waals surface area (Å²) in [7, 11) is 0. The summed E-state index contributed by atoms with van der Waals surface area (Å²) in [4.78, 5) is 39.5. The van der Waals surface area contributed by atoms with Crippen molar-refractivity contribution in [1.29, 1.82) is 0 Å². The van der Waals surface area contributed by atoms with Gasteiger partial charge in [0.2, 0.25) is 11.8 Å². The normalized spacial score (nSPS) is 11.6. The van der Waals surface area contributed by atoms with Crippen molar-refractivity contribution in [2.24, 2.45) is 5.73 Å². The molecule has 0 unspecified atom stereocenters. The van der Waals surface area contributed by atoms with E-state index in [1.807, 2.05) is 0 Å². The molecule has 0 aliphatic carbocycles. The van der Waals surface area contributed by atoms with Crippen molar-refractivity contribution < 1.29 is 19.5 Å². The number of aromatic nitrogens is 2. The van der Waals surface area contributed by atoms with E-state index >= 15 is 0 Å². The van der Waals surface area contributed by atoms with E-state index in [0.29, 0.717) is 5.69 Å². The fraction of sp³-hybridized carbons (Fsp3) is 0.400. The van der Waals surface area contributed by atoms with Crippen LogP contribution in [0, 0.1) is 0 Å². The van der Waals surface area contributed by atoms with Crippen molar-refractivity contribution in [3.63, 3.8) is 0 Å². The number of amides is 2. The van der Waals surface area contributed by atoms with Gasteiger partial charge in [0.15, 0.2) is 0 Å². The highest BCUT2D eigenvalue weighted by Crippen LogP contribution is 1.95. The number of carboxylic acid groups (broad SMARTS) is 1. The fourth-order valence-electron chi connectivity index (χ4n) is 1.26. The number of aromatic amines is 1. The van der Waals surface area contributed by atoms with Crippen LogP contribution in [0.4, 0.5) is 0 Å². The van der Waals surface area contributed by atoms with Crippen molar-refractivity contribution in [2.45, 2.75) is 12.5 Å². The summed E-state index contributed by atoms with van der Waals surface area (Å²) in [5.74, 6) is -2.26. The second-order valence-corrected chi connectivity index (χ2v) is 3.76. The Labute approximate surface area is 108 Å². The van der Waals surface area contributed by atoms with Gasteiger partial charge in [-0.15, -0.1) is 0 Å². The van der Waals surface area contributed by atoms with Gasteiger partial charge >= 0.3 is 5.97 Å². The standard InChI is InChI=1S/C10H15N5O4/c11-7(1-6-2-12-5-15-6)10(19)14-3-8(16)13-4-9(17)18/h2,5,7H,1,3-4,11H2,(H,12,15)(H,13,16)(H,14,19)(H,17,18)/t7-/m0/s1. The maximum atomic E-state index is 11.5. The average Bonchev–Trinajstić information content (AvgIpc) is 2.86. The van der Waals surface area contributed by atoms with E-state index in [9.17, 15) is 14.4 Å². The first-order chi connectivity index (χ1) is 8.99. The third-order valence-corrected chi connectivity index (χ3v) is 2.18. The Bertz CT molecular complexity index is 445. The molecule has 19 heavy (non-hydrogen) atoms. The molecule has 0 fully saturated rings. The number of rotatable bonds is 7. The van der Waals surface area contributed by atoms with Gasteiger partial charge in [0.1, 0.15) is 6.54 Å². The number of hydrogen-bond donors (Lipinski definition) is 5. The number of carbonyl (C=O) groups is 3. The molecule has 0 bridgehead atoms. The highest BCUT2D eigenvalue weighted by molar-refractivity contribution is 5.88. The molecule has 9 heteroatoms. The molecule has 2 amide bonds. The maximum absolute atomic E-state index is 11.5. The predicted octanol–water partition coefficient (Wildman–Crippen LogP) is -2.40. The van der Waals surface area contributed by atoms with Crippen LogP contribution in [0.25, 0.3) is 0 Å². The van der Waals surface area contributed by atoms with Gasteiger partial charge in [0, 0.05) is 12.6 Å². The zero-order valence-electron chi connectivity index (χ0n) is 10.0. The maximum Gasteiger partial charge on any atom is 0.322 e. The molecule has 1 heterocycles. The monoisotopic (exact) mass is 269 g/mol. The van der Waals surface area contributed by atoms with Crippen molar-refractivity contribution in [3.05, 3.63) is 18.2 Å². The van der Waals surface area contributed by atoms with Crippen LogP contribution >= 0.6 is 0 Å². The SMILES string of the molecule is N[C@@H](Cc1c[nH]cn1)C(=O)NCC(=O)NCC(=O)O. The highest BCUT2D eigenvalue weighted by Gasteiger charge is 2.15. The number of nitrogens with one attached hydrogen (secondary N) is 3. The quantitative estimate of drug-likeness (QED) is 0.372. The minimum atomic E-state index is -1.16. The van der Waals surface area contributed by atoms with Gasteiger partial charge in [0.25, 0.3) is 0 Å². The van der Waals surface area contributed by atoms with E-state index in [2.05, 4.69) is 20.6 Å². The molecule has 0 aromatic carbocycles. The summed E-state index contributed by atoms with van der Waals surface area (Å²) >= 11 is 0. The Morgan fingerprint density at radius 2 is 2.11 bits per heavy atom. The number of hydrogen-bond acceptors (Lipinski definition) is 5. The topological polar surface area (TPSA) is 150 Å². The number of aliphatic carboxylic acids is 1. The van der Waals surface area contributed by atoms with E-state index in [-0.39, 0.29) is 13.0 Å². The highest BCUT2D eigenvalue weighted by atomic mass is 16.4. The van der Waals surface area contributed by atoms with Crippen molar-refractivity contribution >= 4 is 17.8 Å². The van der Waals surface area contributed by atoms with E-state index in [0.717, 1.165) is 0 Å². The molecule has 0 spiro atoms. The second kappa shape index (κ2) is 7.11. The van der Waals surface area contributed by atoms with Gasteiger partial charge in [-0.25, -0.2) is 4.98 Å². The molecule has 1 aromatic rings. The van der Waals surface area contributed by atoms with Gasteiger partial charge in [-0.1, -0.05) is 0 Å². The number of H-pyrrole nitrogens is 1. The molecular formula is C10H15N5O4. The molecule has 1 aromatic heterocycles. The lowest BCUT2D eigenvalue weighted by Crippen LogP contribution is -2.46. The van der Waals surface area contributed by atoms with Crippen LogP contribution in [-0.2, 0) is 20.8 Å². The fourth-order valence-corrected chi connectivity index (χ4v) is 1.26. The zero-order chi connectivity index (χ0) is 14.3. The van der Waals surface area contributed by atoms with Crippen molar-refractivity contribution in [1.82, 2.24) is 20.6 Å². The molecule has 1 rings (SSSR count). The summed E-state index contributed by atoms with van der Waals surface area (Å²) < 4.78 is 0. The number of nitrogens with two attached hydrogens (primary N) is 1. The molecule has 104 valence electrons. The van der Waals surface area contributed by atoms with Crippen molar-refractivity contribution in [3.8, 4) is 0 Å². The number of carboxylic acids is 1. The Balaban J connectivity index is 2.26. The Morgan fingerprint density at radius 1 is 1.37 bits per heavy atom. The molecule has 0 radical (unpaired) electrons. The van der Waals surface area contributed by atoms with Crippen molar-refractivity contribution in [2.75, 3.05) is 13.1 Å². The van der Waals surface area contributed by atoms with Crippen LogP contribution in [0.3, 0.4) is 0 Å². The molecule has 1 atom stereocenters. The first-order valence-electron chi connectivity index (χ1n) is 5.48. The molecule has 0 aliphatic heterocycles. The summed E-state index contributed by atoms with van der Waals surface area (Å²) in [5.41, 5.74) is 6.26. The van der Waals surface area contributed by atoms with Crippen LogP contribution in [0.2, 0.25) is 0 Å². The van der Waals surface area contributed by atoms with Gasteiger partial charge in [0.05, 0.1) is 24.6 Å². The van der Waals surface area contributed by atoms with E-state index in [4.69, 9.17) is 10.8 Å². The zero-order valence-corrected chi connectivity index (χ0v) is 10.0. The van der Waals surface area contributed by atoms with Gasteiger partial charge in [-0.2, -0.15) is 0 Å². The third kappa shape index (κ3) is 5.64. The summed E-state index contributed by atoms with van der Waals surface area (Å²) in [6.45, 7) is -0.811. The number of nitrogens with zero attached hydrogens (tertiary/aromatic N) is 1. The van der Waals surface area contributed by atoms with Crippen LogP contribution < -0.4 is 16.4 Å². The minimum Gasteiger partial charge on any atom is -0.480 e. The van der Waals surface area contributed by atoms with Gasteiger partial charge in [-0.05, 0) is 0 Å². The molecule has 6 N–H and O–H groups in total. The average molecular weight is 269 g/mol. The molecule has 0 saturated heterocycles. The largest absolute Gasteiger partial charge is 0.480 e. The Kier molecular flexibility index (Phi) is 5.48. The predicted molar refractivity (Wildman–Crippen MR) is 63.9 cm³/mol. The first kappa shape index (κ1) is 14.6. The summed E-state index contributed by atoms with van der Waals surface area (Å²) in [5, 5.41) is 12.8. The van der Waals surface area contributed by atoms with Crippen LogP contribution in [-0.4, -0.2) is 52.0 Å². The lowest BCUT2D eigenvalue weighted by Gasteiger charge is -2.10. The smallest absolute Gasteiger partial charge is 0.322 e. The van der Waals surface area contributed by atoms with Gasteiger partial charge in [-0.3, -0.25) is 14.4 Å². The Morgan fingerprint density at radius 3 is 2.68 bits per heavy atom. The third-order valence-electron chi connectivity index (χ3n) is 2.18. The van der Waals surface area contributed by atoms with Crippen LogP contribution in [0.5, 0.6) is 0 Å². The first-order valence-corrected chi connectivity index (χ1v) is 5.48. The second-order valence-electron chi connectivity index (χ2n) is 3.76. The lowest BCUT2D eigenvalue weighted by atomic mass is 10.1. The summed E-state index contributed by atoms with van der Waals surface area (Å²) in [6.07, 6.45) is 3.33. The van der Waals surface area contributed by atoms with Crippen LogP contribution in [0.15, 0.2) is 12.5 Å². The summed E-state index contributed by atoms with van der Waals surface area (Å²) in [6, 6.07) is -0.824. The molecule has 9 nitrogen and oxygen atoms in total. The van der Waals surface area contributed by atoms with E-state index in [1.165, 1.54) is 6.33 Å². The number of imidazole rings is 1. The molecular weight excluding hydrogens is 254 g/mol. The molecule has 0 saturated carbocycles. The minimum absolute atomic E-state index is 0.242. The number of carbonyl (C=O) groups excluding carboxylic acids is 2. The van der Waals surface area contributed by atoms with Gasteiger partial charge < -0.3 is 26.5 Å². The van der Waals surface area contributed by atoms with E-state index in [1.54, 1.807) is 6.20 Å². The van der Waals surface area contributed by atoms with Crippen LogP contribution in [0.1, 0.15) is 5.69 Å². The van der Waals surface area contributed by atoms with E-state index < -0.39 is 30.4 Å². The Hall–Kier alpha value is -2.42. The molecule has 0 aliphatic rings. The lowest BCUT2D eigenvalue weighted by molar-refractivity contribution is -0.137.